The average Bonchev–Trinajstić information content (AvgIpc) is 3.17. The molecule has 140 valence electrons. The normalized spacial score (nSPS) is 15.9. The molecule has 2 N–H and O–H groups in total. The van der Waals surface area contributed by atoms with Crippen molar-refractivity contribution >= 4 is 22.9 Å². The van der Waals surface area contributed by atoms with Crippen LogP contribution in [-0.2, 0) is 6.54 Å². The number of hydrogen-bond donors (Lipinski definition) is 2. The zero-order valence-electron chi connectivity index (χ0n) is 14.7. The minimum atomic E-state index is -0.483. The van der Waals surface area contributed by atoms with Crippen molar-refractivity contribution in [2.45, 2.75) is 25.4 Å². The standard InChI is InChI=1S/C19H20N4O3S/c24-16-4-1-7-23-17(16)20-11-15(19(23)26)18(25)21-13-5-8-22(9-6-13)12-14-3-2-10-27-14/h1-4,7,10-11,13,24H,5-6,8-9,12H2,(H,21,25). The molecule has 8 heteroatoms. The number of aromatic hydroxyl groups is 1. The lowest BCUT2D eigenvalue weighted by atomic mass is 10.0. The van der Waals surface area contributed by atoms with Gasteiger partial charge in [0.15, 0.2) is 11.4 Å². The van der Waals surface area contributed by atoms with Gasteiger partial charge in [-0.2, -0.15) is 0 Å². The third-order valence-corrected chi connectivity index (χ3v) is 5.70. The van der Waals surface area contributed by atoms with Crippen LogP contribution in [-0.4, -0.2) is 44.4 Å². The van der Waals surface area contributed by atoms with Crippen molar-refractivity contribution in [1.82, 2.24) is 19.6 Å². The third kappa shape index (κ3) is 3.72. The van der Waals surface area contributed by atoms with Crippen molar-refractivity contribution < 1.29 is 9.90 Å². The van der Waals surface area contributed by atoms with Gasteiger partial charge in [0.05, 0.1) is 0 Å². The topological polar surface area (TPSA) is 86.9 Å². The summed E-state index contributed by atoms with van der Waals surface area (Å²) < 4.78 is 1.19. The predicted molar refractivity (Wildman–Crippen MR) is 103 cm³/mol. The van der Waals surface area contributed by atoms with Crippen molar-refractivity contribution in [3.05, 3.63) is 62.8 Å². The number of aromatic nitrogens is 2. The highest BCUT2D eigenvalue weighted by molar-refractivity contribution is 7.09. The van der Waals surface area contributed by atoms with E-state index in [9.17, 15) is 14.7 Å². The molecule has 0 atom stereocenters. The van der Waals surface area contributed by atoms with Crippen LogP contribution in [0.5, 0.6) is 5.75 Å². The van der Waals surface area contributed by atoms with Crippen LogP contribution in [0.4, 0.5) is 0 Å². The first kappa shape index (κ1) is 17.7. The van der Waals surface area contributed by atoms with Crippen LogP contribution in [0.3, 0.4) is 0 Å². The first-order valence-corrected chi connectivity index (χ1v) is 9.75. The molecule has 0 bridgehead atoms. The summed E-state index contributed by atoms with van der Waals surface area (Å²) in [5, 5.41) is 14.8. The van der Waals surface area contributed by atoms with Crippen LogP contribution >= 0.6 is 11.3 Å². The van der Waals surface area contributed by atoms with E-state index in [0.717, 1.165) is 32.5 Å². The van der Waals surface area contributed by atoms with Crippen molar-refractivity contribution in [3.63, 3.8) is 0 Å². The third-order valence-electron chi connectivity index (χ3n) is 4.84. The van der Waals surface area contributed by atoms with E-state index in [4.69, 9.17) is 0 Å². The molecule has 0 spiro atoms. The van der Waals surface area contributed by atoms with E-state index in [1.54, 1.807) is 11.3 Å². The highest BCUT2D eigenvalue weighted by Crippen LogP contribution is 2.17. The fraction of sp³-hybridized carbons (Fsp3) is 0.316. The van der Waals surface area contributed by atoms with Gasteiger partial charge >= 0.3 is 0 Å². The molecule has 3 aromatic rings. The second-order valence-electron chi connectivity index (χ2n) is 6.67. The Balaban J connectivity index is 1.41. The van der Waals surface area contributed by atoms with Gasteiger partial charge < -0.3 is 10.4 Å². The van der Waals surface area contributed by atoms with Crippen molar-refractivity contribution in [2.75, 3.05) is 13.1 Å². The van der Waals surface area contributed by atoms with Crippen molar-refractivity contribution in [1.29, 1.82) is 0 Å². The smallest absolute Gasteiger partial charge is 0.270 e. The molecule has 1 amide bonds. The van der Waals surface area contributed by atoms with E-state index in [-0.39, 0.29) is 23.0 Å². The van der Waals surface area contributed by atoms with E-state index in [1.165, 1.54) is 33.8 Å². The molecule has 27 heavy (non-hydrogen) atoms. The Morgan fingerprint density at radius 2 is 2.11 bits per heavy atom. The minimum Gasteiger partial charge on any atom is -0.504 e. The number of likely N-dealkylation sites (tertiary alicyclic amines) is 1. The summed E-state index contributed by atoms with van der Waals surface area (Å²) in [5.41, 5.74) is -0.358. The molecular weight excluding hydrogens is 364 g/mol. The van der Waals surface area contributed by atoms with Gasteiger partial charge in [-0.1, -0.05) is 6.07 Å². The number of thiophene rings is 1. The zero-order chi connectivity index (χ0) is 18.8. The van der Waals surface area contributed by atoms with Crippen LogP contribution in [0.1, 0.15) is 28.1 Å². The Hall–Kier alpha value is -2.71. The summed E-state index contributed by atoms with van der Waals surface area (Å²) >= 11 is 1.76. The summed E-state index contributed by atoms with van der Waals surface area (Å²) in [5.74, 6) is -0.512. The molecule has 1 aliphatic heterocycles. The predicted octanol–water partition coefficient (Wildman–Crippen LogP) is 1.86. The molecule has 1 fully saturated rings. The van der Waals surface area contributed by atoms with Gasteiger partial charge in [-0.25, -0.2) is 4.98 Å². The highest BCUT2D eigenvalue weighted by Gasteiger charge is 2.23. The number of fused-ring (bicyclic) bond motifs is 1. The second-order valence-corrected chi connectivity index (χ2v) is 7.70. The first-order chi connectivity index (χ1) is 13.1. The number of nitrogens with one attached hydrogen (secondary N) is 1. The van der Waals surface area contributed by atoms with E-state index >= 15 is 0 Å². The molecular formula is C19H20N4O3S. The minimum absolute atomic E-state index is 0.0147. The molecule has 0 saturated carbocycles. The fourth-order valence-electron chi connectivity index (χ4n) is 3.37. The summed E-state index contributed by atoms with van der Waals surface area (Å²) in [6.07, 6.45) is 4.42. The number of rotatable bonds is 4. The van der Waals surface area contributed by atoms with Crippen LogP contribution in [0.2, 0.25) is 0 Å². The van der Waals surface area contributed by atoms with Gasteiger partial charge in [0.2, 0.25) is 0 Å². The Bertz CT molecular complexity index is 1010. The molecule has 0 aliphatic carbocycles. The van der Waals surface area contributed by atoms with Crippen LogP contribution < -0.4 is 10.9 Å². The highest BCUT2D eigenvalue weighted by atomic mass is 32.1. The number of carbonyl (C=O) groups is 1. The Morgan fingerprint density at radius 3 is 2.85 bits per heavy atom. The maximum absolute atomic E-state index is 12.6. The molecule has 4 rings (SSSR count). The van der Waals surface area contributed by atoms with Crippen LogP contribution in [0, 0.1) is 0 Å². The van der Waals surface area contributed by atoms with E-state index in [0.29, 0.717) is 0 Å². The molecule has 1 aliphatic rings. The second kappa shape index (κ2) is 7.50. The lowest BCUT2D eigenvalue weighted by Gasteiger charge is -2.32. The van der Waals surface area contributed by atoms with Gasteiger partial charge in [-0.05, 0) is 36.4 Å². The lowest BCUT2D eigenvalue weighted by molar-refractivity contribution is 0.0907. The molecule has 0 aromatic carbocycles. The molecule has 4 heterocycles. The SMILES string of the molecule is O=C(NC1CCN(Cc2cccs2)CC1)c1cnc2c(O)cccn2c1=O. The van der Waals surface area contributed by atoms with Crippen LogP contribution in [0.25, 0.3) is 5.65 Å². The summed E-state index contributed by atoms with van der Waals surface area (Å²) in [7, 11) is 0. The Kier molecular flexibility index (Phi) is 4.91. The number of nitrogens with zero attached hydrogens (tertiary/aromatic N) is 3. The van der Waals surface area contributed by atoms with Crippen molar-refractivity contribution in [3.8, 4) is 5.75 Å². The quantitative estimate of drug-likeness (QED) is 0.717. The van der Waals surface area contributed by atoms with Crippen LogP contribution in [0.15, 0.2) is 46.8 Å². The first-order valence-electron chi connectivity index (χ1n) is 8.87. The number of carbonyl (C=O) groups excluding carboxylic acids is 1. The fourth-order valence-corrected chi connectivity index (χ4v) is 4.12. The Morgan fingerprint density at radius 1 is 1.30 bits per heavy atom. The van der Waals surface area contributed by atoms with E-state index in [2.05, 4.69) is 32.7 Å². The van der Waals surface area contributed by atoms with Gasteiger partial charge in [0, 0.05) is 42.9 Å². The number of pyridine rings is 1. The number of piperidine rings is 1. The van der Waals surface area contributed by atoms with E-state index in [1.807, 2.05) is 0 Å². The van der Waals surface area contributed by atoms with E-state index < -0.39 is 11.5 Å². The largest absolute Gasteiger partial charge is 0.504 e. The Labute approximate surface area is 159 Å². The lowest BCUT2D eigenvalue weighted by Crippen LogP contribution is -2.45. The van der Waals surface area contributed by atoms with Gasteiger partial charge in [0.25, 0.3) is 11.5 Å². The number of amides is 1. The molecule has 1 saturated heterocycles. The monoisotopic (exact) mass is 384 g/mol. The maximum atomic E-state index is 12.6. The van der Waals surface area contributed by atoms with Gasteiger partial charge in [0.1, 0.15) is 5.56 Å². The molecule has 3 aromatic heterocycles. The number of hydrogen-bond acceptors (Lipinski definition) is 6. The summed E-state index contributed by atoms with van der Waals surface area (Å²) in [6, 6.07) is 7.22. The van der Waals surface area contributed by atoms with Crippen molar-refractivity contribution in [2.24, 2.45) is 0 Å². The zero-order valence-corrected chi connectivity index (χ0v) is 15.5. The van der Waals surface area contributed by atoms with Gasteiger partial charge in [-0.3, -0.25) is 18.9 Å². The maximum Gasteiger partial charge on any atom is 0.270 e. The van der Waals surface area contributed by atoms with Gasteiger partial charge in [-0.15, -0.1) is 11.3 Å². The molecule has 0 radical (unpaired) electrons. The summed E-state index contributed by atoms with van der Waals surface area (Å²) in [6.45, 7) is 2.76. The molecule has 7 nitrogen and oxygen atoms in total. The molecule has 0 unspecified atom stereocenters. The summed E-state index contributed by atoms with van der Waals surface area (Å²) in [4.78, 5) is 32.9. The average molecular weight is 384 g/mol.